The third-order valence-corrected chi connectivity index (χ3v) is 7.13. The fourth-order valence-electron chi connectivity index (χ4n) is 5.42. The molecule has 0 unspecified atom stereocenters. The topological polar surface area (TPSA) is 71.3 Å². The Kier molecular flexibility index (Phi) is 4.46. The van der Waals surface area contributed by atoms with Crippen molar-refractivity contribution in [3.63, 3.8) is 0 Å². The third kappa shape index (κ3) is 2.85. The summed E-state index contributed by atoms with van der Waals surface area (Å²) in [5.41, 5.74) is 1.92. The second kappa shape index (κ2) is 6.99. The number of nitrogens with one attached hydrogen (secondary N) is 1. The van der Waals surface area contributed by atoms with Crippen molar-refractivity contribution in [2.75, 3.05) is 18.4 Å². The van der Waals surface area contributed by atoms with Gasteiger partial charge in [-0.05, 0) is 63.2 Å². The van der Waals surface area contributed by atoms with Gasteiger partial charge in [0.2, 0.25) is 11.8 Å². The molecule has 6 heteroatoms. The van der Waals surface area contributed by atoms with E-state index < -0.39 is 0 Å². The lowest BCUT2D eigenvalue weighted by molar-refractivity contribution is -0.122. The van der Waals surface area contributed by atoms with Crippen LogP contribution >= 0.6 is 0 Å². The molecule has 1 spiro atoms. The summed E-state index contributed by atoms with van der Waals surface area (Å²) in [5, 5.41) is 7.15. The Bertz CT molecular complexity index is 861. The second-order valence-corrected chi connectivity index (χ2v) is 8.53. The van der Waals surface area contributed by atoms with Crippen LogP contribution in [-0.2, 0) is 16.6 Å². The number of para-hydroxylation sites is 1. The van der Waals surface area contributed by atoms with Crippen molar-refractivity contribution in [2.24, 2.45) is 0 Å². The lowest BCUT2D eigenvalue weighted by Gasteiger charge is -2.43. The molecule has 5 rings (SSSR count). The minimum Gasteiger partial charge on any atom is -0.339 e. The quantitative estimate of drug-likeness (QED) is 0.880. The fourth-order valence-corrected chi connectivity index (χ4v) is 5.42. The summed E-state index contributed by atoms with van der Waals surface area (Å²) in [5.74, 6) is 2.23. The molecule has 148 valence electrons. The maximum absolute atomic E-state index is 12.8. The number of likely N-dealkylation sites (tertiary alicyclic amines) is 1. The molecule has 1 N–H and O–H groups in total. The molecule has 2 fully saturated rings. The summed E-state index contributed by atoms with van der Waals surface area (Å²) < 4.78 is 5.46. The largest absolute Gasteiger partial charge is 0.339 e. The number of aromatic nitrogens is 2. The summed E-state index contributed by atoms with van der Waals surface area (Å²) in [6, 6.07) is 8.80. The highest BCUT2D eigenvalue weighted by Crippen LogP contribution is 2.48. The summed E-state index contributed by atoms with van der Waals surface area (Å²) in [6.45, 7) is 4.21. The molecule has 1 aromatic carbocycles. The van der Waals surface area contributed by atoms with E-state index in [-0.39, 0.29) is 11.3 Å². The van der Waals surface area contributed by atoms with Crippen molar-refractivity contribution >= 4 is 11.6 Å². The van der Waals surface area contributed by atoms with E-state index in [9.17, 15) is 4.79 Å². The minimum absolute atomic E-state index is 0.203. The van der Waals surface area contributed by atoms with Gasteiger partial charge in [0.15, 0.2) is 5.82 Å². The van der Waals surface area contributed by atoms with E-state index in [1.54, 1.807) is 0 Å². The molecule has 6 nitrogen and oxygen atoms in total. The number of carbonyl (C=O) groups excluding carboxylic acids is 1. The van der Waals surface area contributed by atoms with Crippen LogP contribution in [0.5, 0.6) is 0 Å². The van der Waals surface area contributed by atoms with Crippen molar-refractivity contribution in [3.8, 4) is 0 Å². The van der Waals surface area contributed by atoms with Crippen LogP contribution in [0.1, 0.15) is 68.6 Å². The van der Waals surface area contributed by atoms with Gasteiger partial charge in [0.25, 0.3) is 0 Å². The monoisotopic (exact) mass is 380 g/mol. The normalized spacial score (nSPS) is 28.5. The number of aryl methyl sites for hydroxylation is 1. The summed E-state index contributed by atoms with van der Waals surface area (Å²) in [6.07, 6.45) is 7.06. The average molecular weight is 380 g/mol. The number of nitrogens with zero attached hydrogens (tertiary/aromatic N) is 3. The SMILES string of the molecule is CCc1noc(C2CCN(C3CCC4(CC3)C(=O)Nc3ccccc34)CC2)n1. The second-order valence-electron chi connectivity index (χ2n) is 8.53. The Morgan fingerprint density at radius 2 is 1.93 bits per heavy atom. The summed E-state index contributed by atoms with van der Waals surface area (Å²) in [4.78, 5) is 19.9. The Morgan fingerprint density at radius 1 is 1.18 bits per heavy atom. The standard InChI is InChI=1S/C22H28N4O2/c1-2-19-24-20(28-25-19)15-9-13-26(14-10-15)16-7-11-22(12-8-16)17-5-3-4-6-18(17)23-21(22)27/h3-6,15-16H,2,7-14H2,1H3,(H,23,27). The van der Waals surface area contributed by atoms with E-state index in [2.05, 4.69) is 39.4 Å². The molecule has 0 atom stereocenters. The van der Waals surface area contributed by atoms with Gasteiger partial charge in [0.1, 0.15) is 0 Å². The molecule has 28 heavy (non-hydrogen) atoms. The predicted octanol–water partition coefficient (Wildman–Crippen LogP) is 3.64. The molecule has 1 aromatic heterocycles. The molecular weight excluding hydrogens is 352 g/mol. The number of hydrogen-bond donors (Lipinski definition) is 1. The van der Waals surface area contributed by atoms with Crippen LogP contribution < -0.4 is 5.32 Å². The van der Waals surface area contributed by atoms with Crippen LogP contribution in [0.2, 0.25) is 0 Å². The zero-order valence-electron chi connectivity index (χ0n) is 16.5. The summed E-state index contributed by atoms with van der Waals surface area (Å²) >= 11 is 0. The van der Waals surface area contributed by atoms with Crippen LogP contribution in [0.15, 0.2) is 28.8 Å². The van der Waals surface area contributed by atoms with E-state index in [0.717, 1.165) is 75.4 Å². The maximum Gasteiger partial charge on any atom is 0.235 e. The predicted molar refractivity (Wildman–Crippen MR) is 106 cm³/mol. The molecule has 0 bridgehead atoms. The van der Waals surface area contributed by atoms with Crippen molar-refractivity contribution in [2.45, 2.75) is 69.2 Å². The maximum atomic E-state index is 12.8. The highest BCUT2D eigenvalue weighted by Gasteiger charge is 2.49. The number of benzene rings is 1. The first-order chi connectivity index (χ1) is 13.7. The molecule has 1 amide bonds. The average Bonchev–Trinajstić information content (AvgIpc) is 3.33. The number of fused-ring (bicyclic) bond motifs is 2. The van der Waals surface area contributed by atoms with Gasteiger partial charge in [-0.1, -0.05) is 30.3 Å². The van der Waals surface area contributed by atoms with Gasteiger partial charge in [-0.2, -0.15) is 4.98 Å². The molecule has 2 aromatic rings. The van der Waals surface area contributed by atoms with Crippen molar-refractivity contribution in [1.82, 2.24) is 15.0 Å². The molecular formula is C22H28N4O2. The molecule has 2 aliphatic heterocycles. The Balaban J connectivity index is 1.21. The van der Waals surface area contributed by atoms with E-state index >= 15 is 0 Å². The highest BCUT2D eigenvalue weighted by molar-refractivity contribution is 6.06. The zero-order valence-corrected chi connectivity index (χ0v) is 16.5. The lowest BCUT2D eigenvalue weighted by atomic mass is 9.68. The van der Waals surface area contributed by atoms with Crippen LogP contribution in [0.4, 0.5) is 5.69 Å². The third-order valence-electron chi connectivity index (χ3n) is 7.13. The smallest absolute Gasteiger partial charge is 0.235 e. The van der Waals surface area contributed by atoms with Crippen molar-refractivity contribution in [1.29, 1.82) is 0 Å². The van der Waals surface area contributed by atoms with Crippen LogP contribution in [0, 0.1) is 0 Å². The van der Waals surface area contributed by atoms with E-state index in [1.807, 2.05) is 12.1 Å². The first kappa shape index (κ1) is 17.9. The molecule has 3 aliphatic rings. The van der Waals surface area contributed by atoms with Gasteiger partial charge >= 0.3 is 0 Å². The molecule has 1 saturated carbocycles. The van der Waals surface area contributed by atoms with Gasteiger partial charge in [-0.25, -0.2) is 0 Å². The van der Waals surface area contributed by atoms with Crippen LogP contribution in [0.25, 0.3) is 0 Å². The fraction of sp³-hybridized carbons (Fsp3) is 0.591. The van der Waals surface area contributed by atoms with Gasteiger partial charge in [0, 0.05) is 24.1 Å². The Labute approximate surface area is 165 Å². The highest BCUT2D eigenvalue weighted by atomic mass is 16.5. The number of piperidine rings is 1. The minimum atomic E-state index is -0.300. The first-order valence-electron chi connectivity index (χ1n) is 10.7. The van der Waals surface area contributed by atoms with Crippen molar-refractivity contribution < 1.29 is 9.32 Å². The lowest BCUT2D eigenvalue weighted by Crippen LogP contribution is -2.47. The van der Waals surface area contributed by atoms with Gasteiger partial charge < -0.3 is 14.7 Å². The zero-order chi connectivity index (χ0) is 19.1. The van der Waals surface area contributed by atoms with Gasteiger partial charge in [-0.15, -0.1) is 0 Å². The summed E-state index contributed by atoms with van der Waals surface area (Å²) in [7, 11) is 0. The number of rotatable bonds is 3. The Hall–Kier alpha value is -2.21. The van der Waals surface area contributed by atoms with E-state index in [1.165, 1.54) is 5.56 Å². The van der Waals surface area contributed by atoms with Crippen LogP contribution in [-0.4, -0.2) is 40.1 Å². The number of hydrogen-bond acceptors (Lipinski definition) is 5. The molecule has 1 aliphatic carbocycles. The number of anilines is 1. The first-order valence-corrected chi connectivity index (χ1v) is 10.7. The molecule has 0 radical (unpaired) electrons. The van der Waals surface area contributed by atoms with E-state index in [0.29, 0.717) is 12.0 Å². The molecule has 3 heterocycles. The van der Waals surface area contributed by atoms with Gasteiger partial charge in [0.05, 0.1) is 5.41 Å². The van der Waals surface area contributed by atoms with Crippen LogP contribution in [0.3, 0.4) is 0 Å². The number of carbonyl (C=O) groups is 1. The Morgan fingerprint density at radius 3 is 2.64 bits per heavy atom. The number of amides is 1. The van der Waals surface area contributed by atoms with Crippen molar-refractivity contribution in [3.05, 3.63) is 41.5 Å². The van der Waals surface area contributed by atoms with Gasteiger partial charge in [-0.3, -0.25) is 4.79 Å². The molecule has 1 saturated heterocycles. The van der Waals surface area contributed by atoms with E-state index in [4.69, 9.17) is 4.52 Å².